The first-order valence-corrected chi connectivity index (χ1v) is 8.09. The first kappa shape index (κ1) is 16.9. The summed E-state index contributed by atoms with van der Waals surface area (Å²) < 4.78 is 13.9. The molecule has 0 amide bonds. The fraction of sp³-hybridized carbons (Fsp3) is 0.200. The molecule has 2 rings (SSSR count). The average molecular weight is 412 g/mol. The van der Waals surface area contributed by atoms with Gasteiger partial charge in [-0.3, -0.25) is 0 Å². The van der Waals surface area contributed by atoms with Crippen LogP contribution in [0.1, 0.15) is 24.1 Å². The number of aryl methyl sites for hydroxylation is 1. The molecule has 0 aliphatic carbocycles. The molecule has 0 fully saturated rings. The number of benzene rings is 2. The molecule has 1 nitrogen and oxygen atoms in total. The molecule has 0 spiro atoms. The van der Waals surface area contributed by atoms with Crippen molar-refractivity contribution >= 4 is 56.4 Å². The molecule has 2 aromatic rings. The largest absolute Gasteiger partial charge is 0.378 e. The van der Waals surface area contributed by atoms with Gasteiger partial charge in [0.1, 0.15) is 5.82 Å². The fourth-order valence-corrected chi connectivity index (χ4v) is 3.04. The van der Waals surface area contributed by atoms with Crippen LogP contribution in [0.2, 0.25) is 15.1 Å². The zero-order valence-electron chi connectivity index (χ0n) is 11.3. The number of rotatable bonds is 3. The molecule has 0 heterocycles. The van der Waals surface area contributed by atoms with Crippen LogP contribution in [0.4, 0.5) is 10.1 Å². The molecule has 6 heteroatoms. The Labute approximate surface area is 146 Å². The molecule has 0 aromatic heterocycles. The lowest BCUT2D eigenvalue weighted by molar-refractivity contribution is 0.620. The van der Waals surface area contributed by atoms with E-state index in [1.54, 1.807) is 12.1 Å². The Morgan fingerprint density at radius 2 is 1.81 bits per heavy atom. The predicted molar refractivity (Wildman–Crippen MR) is 92.3 cm³/mol. The van der Waals surface area contributed by atoms with E-state index in [4.69, 9.17) is 34.8 Å². The second-order valence-corrected chi connectivity index (χ2v) is 6.73. The smallest absolute Gasteiger partial charge is 0.137 e. The van der Waals surface area contributed by atoms with Gasteiger partial charge in [0.25, 0.3) is 0 Å². The van der Waals surface area contributed by atoms with Crippen LogP contribution in [0.25, 0.3) is 0 Å². The number of hydrogen-bond donors (Lipinski definition) is 1. The summed E-state index contributed by atoms with van der Waals surface area (Å²) >= 11 is 21.4. The Kier molecular flexibility index (Phi) is 5.42. The summed E-state index contributed by atoms with van der Waals surface area (Å²) in [6.07, 6.45) is 0. The van der Waals surface area contributed by atoms with Crippen molar-refractivity contribution in [2.75, 3.05) is 5.32 Å². The third-order valence-electron chi connectivity index (χ3n) is 3.17. The van der Waals surface area contributed by atoms with Crippen molar-refractivity contribution in [1.29, 1.82) is 0 Å². The van der Waals surface area contributed by atoms with E-state index in [0.717, 1.165) is 16.8 Å². The van der Waals surface area contributed by atoms with Crippen LogP contribution in [0, 0.1) is 12.7 Å². The summed E-state index contributed by atoms with van der Waals surface area (Å²) in [5.74, 6) is -0.293. The first-order valence-electron chi connectivity index (χ1n) is 6.16. The summed E-state index contributed by atoms with van der Waals surface area (Å²) in [4.78, 5) is 0. The van der Waals surface area contributed by atoms with E-state index in [9.17, 15) is 4.39 Å². The van der Waals surface area contributed by atoms with E-state index >= 15 is 0 Å². The van der Waals surface area contributed by atoms with Gasteiger partial charge in [-0.1, -0.05) is 40.9 Å². The average Bonchev–Trinajstić information content (AvgIpc) is 2.42. The minimum absolute atomic E-state index is 0.108. The molecule has 1 unspecified atom stereocenters. The molecule has 21 heavy (non-hydrogen) atoms. The van der Waals surface area contributed by atoms with Crippen LogP contribution in [0.3, 0.4) is 0 Å². The number of hydrogen-bond acceptors (Lipinski definition) is 1. The molecule has 2 aromatic carbocycles. The lowest BCUT2D eigenvalue weighted by Crippen LogP contribution is -2.09. The highest BCUT2D eigenvalue weighted by molar-refractivity contribution is 9.10. The summed E-state index contributed by atoms with van der Waals surface area (Å²) in [5.41, 5.74) is 2.45. The Morgan fingerprint density at radius 1 is 1.14 bits per heavy atom. The van der Waals surface area contributed by atoms with Crippen LogP contribution in [-0.2, 0) is 0 Å². The van der Waals surface area contributed by atoms with Crippen LogP contribution in [0.5, 0.6) is 0 Å². The molecular formula is C15H12BrCl3FN. The topological polar surface area (TPSA) is 12.0 Å². The Hall–Kier alpha value is -0.480. The van der Waals surface area contributed by atoms with Crippen molar-refractivity contribution < 1.29 is 4.39 Å². The van der Waals surface area contributed by atoms with Gasteiger partial charge in [-0.15, -0.1) is 0 Å². The highest BCUT2D eigenvalue weighted by atomic mass is 79.9. The molecule has 1 atom stereocenters. The molecule has 0 saturated heterocycles. The highest BCUT2D eigenvalue weighted by Crippen LogP contribution is 2.37. The maximum Gasteiger partial charge on any atom is 0.137 e. The SMILES string of the molecule is Cc1cc(F)c(Br)cc1NC(C)c1ccc(Cl)c(Cl)c1Cl. The van der Waals surface area contributed by atoms with Crippen molar-refractivity contribution in [3.63, 3.8) is 0 Å². The van der Waals surface area contributed by atoms with Gasteiger partial charge in [0.15, 0.2) is 0 Å². The lowest BCUT2D eigenvalue weighted by atomic mass is 10.1. The molecule has 0 saturated carbocycles. The van der Waals surface area contributed by atoms with Gasteiger partial charge < -0.3 is 5.32 Å². The van der Waals surface area contributed by atoms with Crippen LogP contribution < -0.4 is 5.32 Å². The van der Waals surface area contributed by atoms with Crippen LogP contribution >= 0.6 is 50.7 Å². The van der Waals surface area contributed by atoms with Gasteiger partial charge in [-0.25, -0.2) is 4.39 Å². The fourth-order valence-electron chi connectivity index (χ4n) is 1.99. The Morgan fingerprint density at radius 3 is 2.48 bits per heavy atom. The van der Waals surface area contributed by atoms with Crippen molar-refractivity contribution in [2.45, 2.75) is 19.9 Å². The third-order valence-corrected chi connectivity index (χ3v) is 5.09. The standard InChI is InChI=1S/C15H12BrCl3FN/c1-7-5-12(20)10(16)6-13(7)21-8(2)9-3-4-11(17)15(19)14(9)18/h3-6,8,21H,1-2H3. The van der Waals surface area contributed by atoms with E-state index < -0.39 is 0 Å². The second-order valence-electron chi connectivity index (χ2n) is 4.71. The molecular weight excluding hydrogens is 399 g/mol. The minimum atomic E-state index is -0.293. The van der Waals surface area contributed by atoms with E-state index in [2.05, 4.69) is 21.2 Å². The Balaban J connectivity index is 2.32. The lowest BCUT2D eigenvalue weighted by Gasteiger charge is -2.20. The third kappa shape index (κ3) is 3.65. The first-order chi connectivity index (χ1) is 9.81. The zero-order chi connectivity index (χ0) is 15.7. The van der Waals surface area contributed by atoms with Crippen molar-refractivity contribution in [2.24, 2.45) is 0 Å². The maximum absolute atomic E-state index is 13.5. The van der Waals surface area contributed by atoms with Crippen LogP contribution in [0.15, 0.2) is 28.7 Å². The van der Waals surface area contributed by atoms with Crippen molar-refractivity contribution in [3.8, 4) is 0 Å². The summed E-state index contributed by atoms with van der Waals surface area (Å²) in [6.45, 7) is 3.78. The molecule has 0 aliphatic rings. The van der Waals surface area contributed by atoms with Gasteiger partial charge in [0, 0.05) is 5.69 Å². The summed E-state index contributed by atoms with van der Waals surface area (Å²) in [6, 6.07) is 6.59. The van der Waals surface area contributed by atoms with Crippen LogP contribution in [-0.4, -0.2) is 0 Å². The quantitative estimate of drug-likeness (QED) is 0.535. The minimum Gasteiger partial charge on any atom is -0.378 e. The molecule has 0 bridgehead atoms. The van der Waals surface area contributed by atoms with E-state index in [-0.39, 0.29) is 11.9 Å². The maximum atomic E-state index is 13.5. The van der Waals surface area contributed by atoms with Gasteiger partial charge in [0.2, 0.25) is 0 Å². The highest BCUT2D eigenvalue weighted by Gasteiger charge is 2.15. The Bertz CT molecular complexity index is 691. The van der Waals surface area contributed by atoms with Gasteiger partial charge in [-0.2, -0.15) is 0 Å². The zero-order valence-corrected chi connectivity index (χ0v) is 15.1. The molecule has 112 valence electrons. The number of halogens is 5. The van der Waals surface area contributed by atoms with E-state index in [1.807, 2.05) is 19.9 Å². The predicted octanol–water partition coefficient (Wildman–Crippen LogP) is 7.03. The number of anilines is 1. The normalized spacial score (nSPS) is 12.3. The van der Waals surface area contributed by atoms with Gasteiger partial charge >= 0.3 is 0 Å². The molecule has 1 N–H and O–H groups in total. The van der Waals surface area contributed by atoms with Crippen molar-refractivity contribution in [3.05, 3.63) is 60.8 Å². The van der Waals surface area contributed by atoms with Gasteiger partial charge in [0.05, 0.1) is 25.6 Å². The molecule has 0 radical (unpaired) electrons. The summed E-state index contributed by atoms with van der Waals surface area (Å²) in [5, 5.41) is 4.47. The second kappa shape index (κ2) is 6.74. The summed E-state index contributed by atoms with van der Waals surface area (Å²) in [7, 11) is 0. The number of nitrogens with one attached hydrogen (secondary N) is 1. The molecule has 0 aliphatic heterocycles. The van der Waals surface area contributed by atoms with E-state index in [1.165, 1.54) is 6.07 Å². The van der Waals surface area contributed by atoms with Gasteiger partial charge in [-0.05, 0) is 59.1 Å². The monoisotopic (exact) mass is 409 g/mol. The van der Waals surface area contributed by atoms with Crippen molar-refractivity contribution in [1.82, 2.24) is 0 Å². The van der Waals surface area contributed by atoms with E-state index in [0.29, 0.717) is 19.5 Å².